The maximum Gasteiger partial charge on any atom is 0.146 e. The number of rotatable bonds is 2. The first kappa shape index (κ1) is 14.1. The smallest absolute Gasteiger partial charge is 0.146 e. The molecular weight excluding hydrogens is 248 g/mol. The average molecular weight is 264 g/mol. The van der Waals surface area contributed by atoms with E-state index < -0.39 is 11.0 Å². The van der Waals surface area contributed by atoms with Crippen LogP contribution in [0.1, 0.15) is 37.8 Å². The summed E-state index contributed by atoms with van der Waals surface area (Å²) >= 11 is 0. The number of nitriles is 2. The highest BCUT2D eigenvalue weighted by Crippen LogP contribution is 2.56. The van der Waals surface area contributed by atoms with Gasteiger partial charge in [-0.3, -0.25) is 0 Å². The first-order valence-corrected chi connectivity index (χ1v) is 6.64. The lowest BCUT2D eigenvalue weighted by atomic mass is 9.77. The minimum absolute atomic E-state index is 0.128. The van der Waals surface area contributed by atoms with E-state index in [4.69, 9.17) is 5.26 Å². The minimum atomic E-state index is -1.30. The van der Waals surface area contributed by atoms with Gasteiger partial charge in [0.25, 0.3) is 0 Å². The minimum Gasteiger partial charge on any atom is -0.376 e. The van der Waals surface area contributed by atoms with Crippen LogP contribution < -0.4 is 0 Å². The van der Waals surface area contributed by atoms with Gasteiger partial charge in [-0.2, -0.15) is 10.5 Å². The van der Waals surface area contributed by atoms with E-state index in [-0.39, 0.29) is 5.92 Å². The quantitative estimate of drug-likeness (QED) is 0.835. The van der Waals surface area contributed by atoms with Gasteiger partial charge in [0.2, 0.25) is 0 Å². The fraction of sp³-hybridized carbons (Fsp3) is 0.412. The Labute approximate surface area is 119 Å². The molecule has 1 aliphatic rings. The Morgan fingerprint density at radius 2 is 1.90 bits per heavy atom. The van der Waals surface area contributed by atoms with Crippen LogP contribution in [0.2, 0.25) is 0 Å². The molecule has 100 valence electrons. The average Bonchev–Trinajstić information content (AvgIpc) is 3.26. The molecule has 3 nitrogen and oxygen atoms in total. The molecule has 0 heterocycles. The lowest BCUT2D eigenvalue weighted by molar-refractivity contribution is 0.00476. The molecular formula is C17H16N2O. The molecule has 3 heteroatoms. The molecule has 1 atom stereocenters. The highest BCUT2D eigenvalue weighted by Gasteiger charge is 2.60. The Kier molecular flexibility index (Phi) is 3.54. The molecule has 0 radical (unpaired) electrons. The van der Waals surface area contributed by atoms with E-state index in [1.54, 1.807) is 24.3 Å². The summed E-state index contributed by atoms with van der Waals surface area (Å²) in [5, 5.41) is 29.0. The third-order valence-electron chi connectivity index (χ3n) is 3.92. The second-order valence-electron chi connectivity index (χ2n) is 5.56. The molecule has 1 N–H and O–H groups in total. The van der Waals surface area contributed by atoms with Crippen LogP contribution in [-0.2, 0) is 0 Å². The van der Waals surface area contributed by atoms with Crippen LogP contribution in [0.5, 0.6) is 0 Å². The third-order valence-corrected chi connectivity index (χ3v) is 3.92. The number of hydrogen-bond donors (Lipinski definition) is 1. The fourth-order valence-electron chi connectivity index (χ4n) is 2.35. The van der Waals surface area contributed by atoms with Crippen molar-refractivity contribution in [3.63, 3.8) is 0 Å². The van der Waals surface area contributed by atoms with E-state index >= 15 is 0 Å². The molecule has 2 rings (SSSR count). The van der Waals surface area contributed by atoms with Gasteiger partial charge in [0.15, 0.2) is 0 Å². The molecule has 1 saturated carbocycles. The molecule has 0 aromatic heterocycles. The van der Waals surface area contributed by atoms with Crippen LogP contribution in [0.25, 0.3) is 0 Å². The van der Waals surface area contributed by atoms with E-state index in [0.29, 0.717) is 24.0 Å². The van der Waals surface area contributed by atoms with Gasteiger partial charge in [-0.05, 0) is 37.0 Å². The zero-order chi connectivity index (χ0) is 14.8. The summed E-state index contributed by atoms with van der Waals surface area (Å²) in [6.07, 6.45) is 1.37. The summed E-state index contributed by atoms with van der Waals surface area (Å²) in [6.45, 7) is 3.75. The standard InChI is InChI=1S/C17H16N2O/c1-13(2)17(20,16(12-19)8-9-16)7-6-14-4-3-5-15(10-14)11-18/h3-5,10,13,20H,8-9H2,1-2H3/t17-/m0/s1. The Hall–Kier alpha value is -2.28. The molecule has 0 spiro atoms. The SMILES string of the molecule is CC(C)[C@@](O)(C#Cc1cccc(C#N)c1)C1(C#N)CC1. The third kappa shape index (κ3) is 2.27. The van der Waals surface area contributed by atoms with Gasteiger partial charge in [-0.15, -0.1) is 0 Å². The lowest BCUT2D eigenvalue weighted by Crippen LogP contribution is -2.42. The van der Waals surface area contributed by atoms with E-state index in [2.05, 4.69) is 24.0 Å². The van der Waals surface area contributed by atoms with Crippen LogP contribution in [0.3, 0.4) is 0 Å². The van der Waals surface area contributed by atoms with E-state index in [1.165, 1.54) is 0 Å². The van der Waals surface area contributed by atoms with Crippen molar-refractivity contribution in [1.29, 1.82) is 10.5 Å². The van der Waals surface area contributed by atoms with E-state index in [1.807, 2.05) is 13.8 Å². The second-order valence-corrected chi connectivity index (χ2v) is 5.56. The van der Waals surface area contributed by atoms with Gasteiger partial charge in [-0.25, -0.2) is 0 Å². The second kappa shape index (κ2) is 5.01. The molecule has 0 saturated heterocycles. The van der Waals surface area contributed by atoms with Gasteiger partial charge in [0.05, 0.1) is 23.1 Å². The number of aliphatic hydroxyl groups is 1. The summed E-state index contributed by atoms with van der Waals surface area (Å²) in [4.78, 5) is 0. The van der Waals surface area contributed by atoms with Crippen molar-refractivity contribution in [2.45, 2.75) is 32.3 Å². The zero-order valence-corrected chi connectivity index (χ0v) is 11.6. The first-order valence-electron chi connectivity index (χ1n) is 6.64. The Bertz CT molecular complexity index is 663. The number of benzene rings is 1. The first-order chi connectivity index (χ1) is 9.47. The molecule has 1 aromatic carbocycles. The summed E-state index contributed by atoms with van der Waals surface area (Å²) in [5.41, 5.74) is -0.825. The van der Waals surface area contributed by atoms with Crippen LogP contribution in [0.15, 0.2) is 24.3 Å². The predicted octanol–water partition coefficient (Wildman–Crippen LogP) is 2.60. The molecule has 20 heavy (non-hydrogen) atoms. The molecule has 0 unspecified atom stereocenters. The molecule has 0 aliphatic heterocycles. The topological polar surface area (TPSA) is 67.8 Å². The van der Waals surface area contributed by atoms with Crippen molar-refractivity contribution < 1.29 is 5.11 Å². The van der Waals surface area contributed by atoms with Crippen molar-refractivity contribution in [2.75, 3.05) is 0 Å². The normalized spacial score (nSPS) is 18.1. The van der Waals surface area contributed by atoms with Gasteiger partial charge in [-0.1, -0.05) is 31.8 Å². The summed E-state index contributed by atoms with van der Waals surface area (Å²) in [7, 11) is 0. The van der Waals surface area contributed by atoms with Crippen molar-refractivity contribution >= 4 is 0 Å². The van der Waals surface area contributed by atoms with E-state index in [9.17, 15) is 10.4 Å². The summed E-state index contributed by atoms with van der Waals surface area (Å²) in [6, 6.07) is 11.2. The Balaban J connectivity index is 2.38. The maximum atomic E-state index is 10.8. The van der Waals surface area contributed by atoms with Gasteiger partial charge in [0.1, 0.15) is 5.60 Å². The van der Waals surface area contributed by atoms with Gasteiger partial charge in [0, 0.05) is 5.56 Å². The van der Waals surface area contributed by atoms with Crippen molar-refractivity contribution in [2.24, 2.45) is 11.3 Å². The Morgan fingerprint density at radius 3 is 2.40 bits per heavy atom. The lowest BCUT2D eigenvalue weighted by Gasteiger charge is -2.31. The van der Waals surface area contributed by atoms with Crippen molar-refractivity contribution in [3.05, 3.63) is 35.4 Å². The van der Waals surface area contributed by atoms with Crippen LogP contribution in [-0.4, -0.2) is 10.7 Å². The molecule has 0 amide bonds. The van der Waals surface area contributed by atoms with Crippen LogP contribution in [0.4, 0.5) is 0 Å². The van der Waals surface area contributed by atoms with Gasteiger partial charge < -0.3 is 5.11 Å². The predicted molar refractivity (Wildman–Crippen MR) is 75.1 cm³/mol. The highest BCUT2D eigenvalue weighted by atomic mass is 16.3. The van der Waals surface area contributed by atoms with Crippen LogP contribution >= 0.6 is 0 Å². The Morgan fingerprint density at radius 1 is 1.25 bits per heavy atom. The highest BCUT2D eigenvalue weighted by molar-refractivity contribution is 5.44. The molecule has 0 bridgehead atoms. The zero-order valence-electron chi connectivity index (χ0n) is 11.6. The monoisotopic (exact) mass is 264 g/mol. The number of hydrogen-bond acceptors (Lipinski definition) is 3. The number of nitrogens with zero attached hydrogens (tertiary/aromatic N) is 2. The van der Waals surface area contributed by atoms with Crippen molar-refractivity contribution in [1.82, 2.24) is 0 Å². The largest absolute Gasteiger partial charge is 0.376 e. The molecule has 1 aromatic rings. The molecule has 1 aliphatic carbocycles. The fourth-order valence-corrected chi connectivity index (χ4v) is 2.35. The molecule has 1 fully saturated rings. The summed E-state index contributed by atoms with van der Waals surface area (Å²) < 4.78 is 0. The van der Waals surface area contributed by atoms with E-state index in [0.717, 1.165) is 0 Å². The van der Waals surface area contributed by atoms with Crippen LogP contribution in [0, 0.1) is 45.8 Å². The van der Waals surface area contributed by atoms with Crippen molar-refractivity contribution in [3.8, 4) is 24.0 Å². The maximum absolute atomic E-state index is 10.8. The summed E-state index contributed by atoms with van der Waals surface area (Å²) in [5.74, 6) is 5.68. The van der Waals surface area contributed by atoms with Gasteiger partial charge >= 0.3 is 0 Å².